The monoisotopic (exact) mass is 389 g/mol. The number of nitrogens with zero attached hydrogens (tertiary/aromatic N) is 2. The van der Waals surface area contributed by atoms with Crippen LogP contribution in [-0.2, 0) is 16.1 Å². The molecule has 0 saturated heterocycles. The second-order valence-corrected chi connectivity index (χ2v) is 6.14. The third-order valence-corrected chi connectivity index (χ3v) is 4.16. The summed E-state index contributed by atoms with van der Waals surface area (Å²) in [5, 5.41) is 5.67. The molecule has 2 N–H and O–H groups in total. The molecule has 3 aromatic rings. The molecule has 0 aliphatic rings. The third kappa shape index (κ3) is 4.61. The Bertz CT molecular complexity index is 938. The number of hydrogen-bond donors (Lipinski definition) is 1. The molecule has 0 unspecified atom stereocenters. The lowest BCUT2D eigenvalue weighted by atomic mass is 10.2. The molecule has 9 nitrogen and oxygen atoms in total. The Balaban J connectivity index is 1.63. The molecule has 0 fully saturated rings. The molecular formula is C17H15N3O6S. The zero-order valence-electron chi connectivity index (χ0n) is 14.2. The number of amides is 1. The Hall–Kier alpha value is -3.40. The fourth-order valence-corrected chi connectivity index (χ4v) is 2.73. The highest BCUT2D eigenvalue weighted by atomic mass is 32.1. The van der Waals surface area contributed by atoms with Gasteiger partial charge in [0.05, 0.1) is 17.6 Å². The van der Waals surface area contributed by atoms with Gasteiger partial charge in [-0.2, -0.15) is 4.98 Å². The highest BCUT2D eigenvalue weighted by molar-refractivity contribution is 7.13. The van der Waals surface area contributed by atoms with E-state index in [1.54, 1.807) is 0 Å². The minimum absolute atomic E-state index is 0.143. The summed E-state index contributed by atoms with van der Waals surface area (Å²) >= 11 is 1.46. The van der Waals surface area contributed by atoms with Crippen LogP contribution in [0, 0.1) is 0 Å². The van der Waals surface area contributed by atoms with Crippen LogP contribution in [0.1, 0.15) is 16.2 Å². The lowest BCUT2D eigenvalue weighted by Gasteiger charge is -2.10. The molecule has 27 heavy (non-hydrogen) atoms. The van der Waals surface area contributed by atoms with Gasteiger partial charge in [0.2, 0.25) is 5.82 Å². The van der Waals surface area contributed by atoms with E-state index in [-0.39, 0.29) is 36.1 Å². The van der Waals surface area contributed by atoms with E-state index in [1.807, 2.05) is 17.5 Å². The van der Waals surface area contributed by atoms with Gasteiger partial charge in [-0.3, -0.25) is 4.79 Å². The first-order chi connectivity index (χ1) is 13.1. The molecule has 0 bridgehead atoms. The number of aromatic nitrogens is 2. The van der Waals surface area contributed by atoms with Gasteiger partial charge in [-0.05, 0) is 29.6 Å². The summed E-state index contributed by atoms with van der Waals surface area (Å²) in [5.41, 5.74) is 5.28. The molecule has 2 heterocycles. The van der Waals surface area contributed by atoms with Crippen LogP contribution in [0.25, 0.3) is 10.8 Å². The topological polar surface area (TPSA) is 127 Å². The summed E-state index contributed by atoms with van der Waals surface area (Å²) in [5.74, 6) is -0.0505. The predicted octanol–water partition coefficient (Wildman–Crippen LogP) is 2.03. The van der Waals surface area contributed by atoms with Gasteiger partial charge in [0.25, 0.3) is 11.8 Å². The average Bonchev–Trinajstić information content (AvgIpc) is 3.35. The third-order valence-electron chi connectivity index (χ3n) is 3.30. The van der Waals surface area contributed by atoms with Crippen molar-refractivity contribution in [1.82, 2.24) is 10.1 Å². The molecular weight excluding hydrogens is 374 g/mol. The van der Waals surface area contributed by atoms with Crippen LogP contribution in [-0.4, -0.2) is 35.7 Å². The van der Waals surface area contributed by atoms with Crippen molar-refractivity contribution >= 4 is 23.2 Å². The number of carbonyl (C=O) groups excluding carboxylic acids is 2. The van der Waals surface area contributed by atoms with E-state index in [0.29, 0.717) is 5.89 Å². The molecule has 0 radical (unpaired) electrons. The zero-order chi connectivity index (χ0) is 19.2. The number of rotatable bonds is 8. The van der Waals surface area contributed by atoms with Crippen molar-refractivity contribution in [2.75, 3.05) is 13.7 Å². The van der Waals surface area contributed by atoms with Crippen molar-refractivity contribution in [3.63, 3.8) is 0 Å². The standard InChI is InChI=1S/C17H15N3O6S/c1-23-12-7-10(4-5-11(12)24-8-14(18)21)17(22)25-9-15-19-16(26-20-15)13-3-2-6-27-13/h2-7H,8-9H2,1H3,(H2,18,21). The molecule has 0 aliphatic heterocycles. The fraction of sp³-hybridized carbons (Fsp3) is 0.176. The SMILES string of the molecule is COc1cc(C(=O)OCc2noc(-c3cccs3)n2)ccc1OCC(N)=O. The van der Waals surface area contributed by atoms with Crippen molar-refractivity contribution in [3.8, 4) is 22.3 Å². The molecule has 0 spiro atoms. The number of ether oxygens (including phenoxy) is 3. The Morgan fingerprint density at radius 1 is 1.26 bits per heavy atom. The number of carbonyl (C=O) groups is 2. The van der Waals surface area contributed by atoms with Crippen molar-refractivity contribution < 1.29 is 28.3 Å². The summed E-state index contributed by atoms with van der Waals surface area (Å²) in [6.07, 6.45) is 0. The van der Waals surface area contributed by atoms with Gasteiger partial charge in [0.15, 0.2) is 24.7 Å². The van der Waals surface area contributed by atoms with Gasteiger partial charge >= 0.3 is 5.97 Å². The molecule has 3 rings (SSSR count). The number of methoxy groups -OCH3 is 1. The first-order valence-electron chi connectivity index (χ1n) is 7.69. The quantitative estimate of drug-likeness (QED) is 0.580. The lowest BCUT2D eigenvalue weighted by Crippen LogP contribution is -2.20. The van der Waals surface area contributed by atoms with Crippen molar-refractivity contribution in [2.24, 2.45) is 5.73 Å². The first-order valence-corrected chi connectivity index (χ1v) is 8.57. The van der Waals surface area contributed by atoms with E-state index in [4.69, 9.17) is 24.5 Å². The number of esters is 1. The summed E-state index contributed by atoms with van der Waals surface area (Å²) in [6, 6.07) is 8.12. The minimum atomic E-state index is -0.623. The van der Waals surface area contributed by atoms with Crippen LogP contribution in [0.15, 0.2) is 40.2 Å². The minimum Gasteiger partial charge on any atom is -0.493 e. The summed E-state index contributed by atoms with van der Waals surface area (Å²) in [7, 11) is 1.41. The largest absolute Gasteiger partial charge is 0.493 e. The molecule has 0 saturated carbocycles. The Labute approximate surface area is 157 Å². The summed E-state index contributed by atoms with van der Waals surface area (Å²) in [6.45, 7) is -0.444. The summed E-state index contributed by atoms with van der Waals surface area (Å²) < 4.78 is 20.7. The highest BCUT2D eigenvalue weighted by Crippen LogP contribution is 2.28. The summed E-state index contributed by atoms with van der Waals surface area (Å²) in [4.78, 5) is 28.0. The van der Waals surface area contributed by atoms with Crippen LogP contribution in [0.3, 0.4) is 0 Å². The Morgan fingerprint density at radius 2 is 2.11 bits per heavy atom. The molecule has 140 valence electrons. The predicted molar refractivity (Wildman–Crippen MR) is 94.4 cm³/mol. The number of thiophene rings is 1. The lowest BCUT2D eigenvalue weighted by molar-refractivity contribution is -0.119. The van der Waals surface area contributed by atoms with Gasteiger partial charge in [-0.1, -0.05) is 11.2 Å². The van der Waals surface area contributed by atoms with Gasteiger partial charge in [-0.25, -0.2) is 4.79 Å². The highest BCUT2D eigenvalue weighted by Gasteiger charge is 2.15. The number of benzene rings is 1. The number of hydrogen-bond acceptors (Lipinski definition) is 9. The van der Waals surface area contributed by atoms with Crippen LogP contribution in [0.2, 0.25) is 0 Å². The van der Waals surface area contributed by atoms with Gasteiger partial charge in [0, 0.05) is 0 Å². The average molecular weight is 389 g/mol. The smallest absolute Gasteiger partial charge is 0.338 e. The first kappa shape index (κ1) is 18.4. The normalized spacial score (nSPS) is 10.4. The van der Waals surface area contributed by atoms with Gasteiger partial charge < -0.3 is 24.5 Å². The van der Waals surface area contributed by atoms with Crippen molar-refractivity contribution in [2.45, 2.75) is 6.61 Å². The van der Waals surface area contributed by atoms with Crippen LogP contribution in [0.4, 0.5) is 0 Å². The van der Waals surface area contributed by atoms with E-state index < -0.39 is 11.9 Å². The number of nitrogens with two attached hydrogens (primary N) is 1. The molecule has 1 amide bonds. The van der Waals surface area contributed by atoms with Crippen molar-refractivity contribution in [1.29, 1.82) is 0 Å². The molecule has 0 atom stereocenters. The molecule has 0 aliphatic carbocycles. The maximum absolute atomic E-state index is 12.2. The van der Waals surface area contributed by atoms with Gasteiger partial charge in [0.1, 0.15) is 0 Å². The maximum Gasteiger partial charge on any atom is 0.338 e. The molecule has 10 heteroatoms. The second-order valence-electron chi connectivity index (χ2n) is 5.19. The van der Waals surface area contributed by atoms with E-state index in [1.165, 1.54) is 36.6 Å². The van der Waals surface area contributed by atoms with E-state index in [9.17, 15) is 9.59 Å². The molecule has 1 aromatic carbocycles. The maximum atomic E-state index is 12.2. The van der Waals surface area contributed by atoms with Crippen molar-refractivity contribution in [3.05, 3.63) is 47.1 Å². The number of primary amides is 1. The van der Waals surface area contributed by atoms with Crippen LogP contribution < -0.4 is 15.2 Å². The van der Waals surface area contributed by atoms with E-state index in [2.05, 4.69) is 10.1 Å². The van der Waals surface area contributed by atoms with E-state index >= 15 is 0 Å². The Kier molecular flexibility index (Phi) is 5.67. The zero-order valence-corrected chi connectivity index (χ0v) is 15.0. The molecule has 2 aromatic heterocycles. The van der Waals surface area contributed by atoms with E-state index in [0.717, 1.165) is 4.88 Å². The second kappa shape index (κ2) is 8.32. The fourth-order valence-electron chi connectivity index (χ4n) is 2.09. The Morgan fingerprint density at radius 3 is 2.81 bits per heavy atom. The van der Waals surface area contributed by atoms with Crippen LogP contribution in [0.5, 0.6) is 11.5 Å². The van der Waals surface area contributed by atoms with Crippen LogP contribution >= 0.6 is 11.3 Å². The van der Waals surface area contributed by atoms with Gasteiger partial charge in [-0.15, -0.1) is 11.3 Å².